The molecule has 0 spiro atoms. The minimum absolute atomic E-state index is 0.0461. The van der Waals surface area contributed by atoms with E-state index in [1.165, 1.54) is 0 Å². The number of hydrogen-bond acceptors (Lipinski definition) is 2. The van der Waals surface area contributed by atoms with Gasteiger partial charge in [-0.1, -0.05) is 6.07 Å². The summed E-state index contributed by atoms with van der Waals surface area (Å²) in [5.41, 5.74) is 2.90. The van der Waals surface area contributed by atoms with E-state index in [4.69, 9.17) is 5.11 Å². The van der Waals surface area contributed by atoms with Crippen molar-refractivity contribution in [1.82, 2.24) is 0 Å². The lowest BCUT2D eigenvalue weighted by molar-refractivity contribution is -0.131. The topological polar surface area (TPSA) is 57.6 Å². The summed E-state index contributed by atoms with van der Waals surface area (Å²) < 4.78 is 0. The number of nitrogens with zero attached hydrogens (tertiary/aromatic N) is 1. The number of hydrogen-bond donors (Lipinski definition) is 1. The summed E-state index contributed by atoms with van der Waals surface area (Å²) in [5, 5.41) is 8.59. The number of carbonyl (C=O) groups is 2. The van der Waals surface area contributed by atoms with E-state index in [9.17, 15) is 9.59 Å². The van der Waals surface area contributed by atoms with E-state index in [-0.39, 0.29) is 5.91 Å². The third-order valence-corrected chi connectivity index (χ3v) is 3.02. The number of rotatable bonds is 2. The van der Waals surface area contributed by atoms with Gasteiger partial charge in [-0.15, -0.1) is 0 Å². The van der Waals surface area contributed by atoms with E-state index >= 15 is 0 Å². The maximum atomic E-state index is 11.5. The molecule has 4 nitrogen and oxygen atoms in total. The number of carbonyl (C=O) groups excluding carboxylic acids is 1. The van der Waals surface area contributed by atoms with Gasteiger partial charge in [-0.3, -0.25) is 4.79 Å². The Morgan fingerprint density at radius 2 is 2.17 bits per heavy atom. The maximum absolute atomic E-state index is 11.5. The van der Waals surface area contributed by atoms with E-state index in [1.807, 2.05) is 18.2 Å². The SMILES string of the molecule is CC(=O)N1CCCc2cc(/C=C/C(=O)O)ccc21. The first-order valence-corrected chi connectivity index (χ1v) is 5.90. The van der Waals surface area contributed by atoms with Crippen molar-refractivity contribution in [2.24, 2.45) is 0 Å². The summed E-state index contributed by atoms with van der Waals surface area (Å²) in [5.74, 6) is -0.914. The highest BCUT2D eigenvalue weighted by atomic mass is 16.4. The van der Waals surface area contributed by atoms with Crippen LogP contribution >= 0.6 is 0 Å². The molecule has 0 aliphatic carbocycles. The average molecular weight is 245 g/mol. The molecular formula is C14H15NO3. The van der Waals surface area contributed by atoms with Crippen LogP contribution in [-0.2, 0) is 16.0 Å². The Bertz CT molecular complexity index is 520. The molecular weight excluding hydrogens is 230 g/mol. The van der Waals surface area contributed by atoms with Crippen LogP contribution in [0.25, 0.3) is 6.08 Å². The van der Waals surface area contributed by atoms with Crippen molar-refractivity contribution in [3.8, 4) is 0 Å². The Morgan fingerprint density at radius 1 is 1.39 bits per heavy atom. The van der Waals surface area contributed by atoms with Gasteiger partial charge in [0, 0.05) is 25.2 Å². The van der Waals surface area contributed by atoms with Crippen molar-refractivity contribution < 1.29 is 14.7 Å². The van der Waals surface area contributed by atoms with E-state index in [2.05, 4.69) is 0 Å². The second-order valence-electron chi connectivity index (χ2n) is 4.33. The van der Waals surface area contributed by atoms with Gasteiger partial charge in [-0.05, 0) is 42.2 Å². The molecule has 0 saturated heterocycles. The number of fused-ring (bicyclic) bond motifs is 1. The first-order valence-electron chi connectivity index (χ1n) is 5.90. The quantitative estimate of drug-likeness (QED) is 0.811. The summed E-state index contributed by atoms with van der Waals surface area (Å²) in [6, 6.07) is 5.67. The predicted molar refractivity (Wildman–Crippen MR) is 69.5 cm³/mol. The number of carboxylic acid groups (broad SMARTS) is 1. The average Bonchev–Trinajstić information content (AvgIpc) is 2.35. The van der Waals surface area contributed by atoms with E-state index in [1.54, 1.807) is 17.9 Å². The van der Waals surface area contributed by atoms with Gasteiger partial charge in [0.1, 0.15) is 0 Å². The van der Waals surface area contributed by atoms with Gasteiger partial charge < -0.3 is 10.0 Å². The number of carboxylic acids is 1. The first-order chi connectivity index (χ1) is 8.58. The number of aliphatic carboxylic acids is 1. The lowest BCUT2D eigenvalue weighted by atomic mass is 9.99. The highest BCUT2D eigenvalue weighted by molar-refractivity contribution is 5.93. The van der Waals surface area contributed by atoms with Crippen LogP contribution in [-0.4, -0.2) is 23.5 Å². The van der Waals surface area contributed by atoms with Gasteiger partial charge in [-0.2, -0.15) is 0 Å². The van der Waals surface area contributed by atoms with E-state index in [0.29, 0.717) is 0 Å². The summed E-state index contributed by atoms with van der Waals surface area (Å²) >= 11 is 0. The molecule has 2 rings (SSSR count). The Morgan fingerprint density at radius 3 is 2.83 bits per heavy atom. The Hall–Kier alpha value is -2.10. The van der Waals surface area contributed by atoms with Gasteiger partial charge in [0.15, 0.2) is 0 Å². The Labute approximate surface area is 106 Å². The van der Waals surface area contributed by atoms with Crippen LogP contribution in [0.1, 0.15) is 24.5 Å². The molecule has 0 unspecified atom stereocenters. The third kappa shape index (κ3) is 2.59. The molecule has 4 heteroatoms. The summed E-state index contributed by atoms with van der Waals surface area (Å²) in [6.45, 7) is 2.32. The van der Waals surface area contributed by atoms with Gasteiger partial charge in [0.05, 0.1) is 0 Å². The van der Waals surface area contributed by atoms with E-state index in [0.717, 1.165) is 42.3 Å². The fraction of sp³-hybridized carbons (Fsp3) is 0.286. The zero-order chi connectivity index (χ0) is 13.1. The lowest BCUT2D eigenvalue weighted by Crippen LogP contribution is -2.33. The minimum Gasteiger partial charge on any atom is -0.478 e. The molecule has 0 atom stereocenters. The Kier molecular flexibility index (Phi) is 3.46. The smallest absolute Gasteiger partial charge is 0.328 e. The number of aryl methyl sites for hydroxylation is 1. The molecule has 1 heterocycles. The van der Waals surface area contributed by atoms with Crippen LogP contribution in [0.3, 0.4) is 0 Å². The predicted octanol–water partition coefficient (Wildman–Crippen LogP) is 2.08. The monoisotopic (exact) mass is 245 g/mol. The molecule has 94 valence electrons. The lowest BCUT2D eigenvalue weighted by Gasteiger charge is -2.28. The van der Waals surface area contributed by atoms with Gasteiger partial charge >= 0.3 is 5.97 Å². The van der Waals surface area contributed by atoms with Crippen LogP contribution in [0.15, 0.2) is 24.3 Å². The summed E-state index contributed by atoms with van der Waals surface area (Å²) in [4.78, 5) is 23.7. The fourth-order valence-electron chi connectivity index (χ4n) is 2.22. The van der Waals surface area contributed by atoms with Crippen molar-refractivity contribution in [2.45, 2.75) is 19.8 Å². The molecule has 1 amide bonds. The molecule has 0 saturated carbocycles. The van der Waals surface area contributed by atoms with Crippen LogP contribution in [0.4, 0.5) is 5.69 Å². The summed E-state index contributed by atoms with van der Waals surface area (Å²) in [7, 11) is 0. The molecule has 1 aliphatic heterocycles. The molecule has 1 N–H and O–H groups in total. The molecule has 18 heavy (non-hydrogen) atoms. The van der Waals surface area contributed by atoms with Crippen molar-refractivity contribution in [1.29, 1.82) is 0 Å². The molecule has 0 bridgehead atoms. The molecule has 1 aliphatic rings. The number of benzene rings is 1. The van der Waals surface area contributed by atoms with Crippen LogP contribution in [0.5, 0.6) is 0 Å². The highest BCUT2D eigenvalue weighted by Crippen LogP contribution is 2.28. The van der Waals surface area contributed by atoms with E-state index < -0.39 is 5.97 Å². The highest BCUT2D eigenvalue weighted by Gasteiger charge is 2.19. The van der Waals surface area contributed by atoms with Gasteiger partial charge in [-0.25, -0.2) is 4.79 Å². The fourth-order valence-corrected chi connectivity index (χ4v) is 2.22. The molecule has 1 aromatic carbocycles. The summed E-state index contributed by atoms with van der Waals surface area (Å²) in [6.07, 6.45) is 4.55. The van der Waals surface area contributed by atoms with Crippen LogP contribution in [0, 0.1) is 0 Å². The molecule has 1 aromatic rings. The second kappa shape index (κ2) is 5.04. The first kappa shape index (κ1) is 12.4. The number of amides is 1. The molecule has 0 aromatic heterocycles. The Balaban J connectivity index is 2.32. The van der Waals surface area contributed by atoms with Gasteiger partial charge in [0.25, 0.3) is 0 Å². The van der Waals surface area contributed by atoms with Crippen molar-refractivity contribution in [2.75, 3.05) is 11.4 Å². The van der Waals surface area contributed by atoms with Gasteiger partial charge in [0.2, 0.25) is 5.91 Å². The zero-order valence-corrected chi connectivity index (χ0v) is 10.2. The molecule has 0 radical (unpaired) electrons. The third-order valence-electron chi connectivity index (χ3n) is 3.02. The molecule has 0 fully saturated rings. The maximum Gasteiger partial charge on any atom is 0.328 e. The van der Waals surface area contributed by atoms with Crippen molar-refractivity contribution >= 4 is 23.6 Å². The van der Waals surface area contributed by atoms with Crippen molar-refractivity contribution in [3.05, 3.63) is 35.4 Å². The second-order valence-corrected chi connectivity index (χ2v) is 4.33. The largest absolute Gasteiger partial charge is 0.478 e. The van der Waals surface area contributed by atoms with Crippen LogP contribution in [0.2, 0.25) is 0 Å². The normalized spacial score (nSPS) is 14.6. The van der Waals surface area contributed by atoms with Crippen LogP contribution < -0.4 is 4.90 Å². The standard InChI is InChI=1S/C14H15NO3/c1-10(16)15-8-2-3-12-9-11(4-6-13(12)15)5-7-14(17)18/h4-7,9H,2-3,8H2,1H3,(H,17,18)/b7-5+. The number of anilines is 1. The zero-order valence-electron chi connectivity index (χ0n) is 10.2. The minimum atomic E-state index is -0.960. The van der Waals surface area contributed by atoms with Crippen molar-refractivity contribution in [3.63, 3.8) is 0 Å².